The van der Waals surface area contributed by atoms with Crippen molar-refractivity contribution in [3.8, 4) is 28.3 Å². The highest BCUT2D eigenvalue weighted by molar-refractivity contribution is 6.34. The Morgan fingerprint density at radius 3 is 2.39 bits per heavy atom. The van der Waals surface area contributed by atoms with Gasteiger partial charge in [-0.2, -0.15) is 4.99 Å². The zero-order valence-electron chi connectivity index (χ0n) is 17.7. The van der Waals surface area contributed by atoms with E-state index in [2.05, 4.69) is 22.1 Å². The first kappa shape index (κ1) is 22.1. The average molecular weight is 462 g/mol. The molecule has 33 heavy (non-hydrogen) atoms. The molecule has 3 aromatic carbocycles. The molecule has 0 aliphatic rings. The Balaban J connectivity index is 1.46. The second kappa shape index (κ2) is 9.58. The molecule has 8 heteroatoms. The van der Waals surface area contributed by atoms with Gasteiger partial charge in [-0.05, 0) is 48.4 Å². The first-order chi connectivity index (χ1) is 15.9. The Morgan fingerprint density at radius 2 is 1.73 bits per heavy atom. The molecule has 166 valence electrons. The molecule has 3 N–H and O–H groups in total. The van der Waals surface area contributed by atoms with Gasteiger partial charge in [-0.3, -0.25) is 0 Å². The number of amidine groups is 1. The van der Waals surface area contributed by atoms with Crippen LogP contribution in [0.1, 0.15) is 17.0 Å². The maximum absolute atomic E-state index is 10.7. The van der Waals surface area contributed by atoms with Gasteiger partial charge < -0.3 is 20.0 Å². The number of nitrogens with zero attached hydrogens (tertiary/aromatic N) is 2. The highest BCUT2D eigenvalue weighted by Crippen LogP contribution is 2.27. The Kier molecular flexibility index (Phi) is 6.42. The van der Waals surface area contributed by atoms with Gasteiger partial charge in [0.15, 0.2) is 0 Å². The number of hydrogen-bond donors (Lipinski definition) is 2. The van der Waals surface area contributed by atoms with E-state index in [-0.39, 0.29) is 17.5 Å². The average Bonchev–Trinajstić information content (AvgIpc) is 3.18. The number of aliphatic imine (C=N–C) groups is 1. The van der Waals surface area contributed by atoms with Crippen LogP contribution in [0.2, 0.25) is 5.02 Å². The second-order valence-electron chi connectivity index (χ2n) is 7.18. The fourth-order valence-corrected chi connectivity index (χ4v) is 3.50. The number of nitrogens with two attached hydrogens (primary N) is 1. The van der Waals surface area contributed by atoms with Crippen molar-refractivity contribution in [2.75, 3.05) is 0 Å². The molecular weight excluding hydrogens is 442 g/mol. The minimum absolute atomic E-state index is 0.172. The van der Waals surface area contributed by atoms with Crippen LogP contribution >= 0.6 is 11.6 Å². The Bertz CT molecular complexity index is 1320. The lowest BCUT2D eigenvalue weighted by atomic mass is 10.0. The van der Waals surface area contributed by atoms with Crippen molar-refractivity contribution in [3.63, 3.8) is 0 Å². The van der Waals surface area contributed by atoms with Crippen LogP contribution in [0.5, 0.6) is 5.75 Å². The number of rotatable bonds is 6. The van der Waals surface area contributed by atoms with Crippen molar-refractivity contribution in [1.29, 1.82) is 0 Å². The van der Waals surface area contributed by atoms with Gasteiger partial charge in [0.05, 0.1) is 5.02 Å². The molecule has 0 saturated carbocycles. The van der Waals surface area contributed by atoms with Crippen LogP contribution in [0, 0.1) is 6.92 Å². The maximum Gasteiger partial charge on any atom is 0.433 e. The minimum Gasteiger partial charge on any atom is -0.487 e. The summed E-state index contributed by atoms with van der Waals surface area (Å²) in [5.41, 5.74) is 9.74. The number of benzene rings is 3. The number of halogens is 1. The van der Waals surface area contributed by atoms with Crippen LogP contribution in [0.4, 0.5) is 4.79 Å². The van der Waals surface area contributed by atoms with Crippen molar-refractivity contribution < 1.29 is 19.1 Å². The number of aromatic nitrogens is 1. The molecule has 1 heterocycles. The molecule has 0 fully saturated rings. The summed E-state index contributed by atoms with van der Waals surface area (Å²) in [6.45, 7) is 2.00. The standard InChI is InChI=1S/C25H20ClN3O4/c1-15-22(14-32-19-11-12-20(21(26)13-19)23(27)29-25(30)31)28-24(33-15)18-9-7-17(8-10-18)16-5-3-2-4-6-16/h2-13H,14H2,1H3,(H2,27,29)(H,30,31). The molecule has 1 amide bonds. The number of aryl methyl sites for hydroxylation is 1. The number of ether oxygens (including phenoxy) is 1. The fourth-order valence-electron chi connectivity index (χ4n) is 3.23. The van der Waals surface area contributed by atoms with Gasteiger partial charge in [-0.15, -0.1) is 0 Å². The molecule has 0 aliphatic heterocycles. The van der Waals surface area contributed by atoms with Gasteiger partial charge in [-0.25, -0.2) is 9.78 Å². The van der Waals surface area contributed by atoms with E-state index in [0.29, 0.717) is 28.7 Å². The van der Waals surface area contributed by atoms with Crippen LogP contribution in [-0.4, -0.2) is 22.0 Å². The van der Waals surface area contributed by atoms with Crippen LogP contribution in [0.3, 0.4) is 0 Å². The van der Waals surface area contributed by atoms with Crippen molar-refractivity contribution in [3.05, 3.63) is 94.8 Å². The summed E-state index contributed by atoms with van der Waals surface area (Å²) in [5, 5.41) is 8.95. The van der Waals surface area contributed by atoms with Crippen LogP contribution in [-0.2, 0) is 6.61 Å². The molecule has 7 nitrogen and oxygen atoms in total. The molecule has 0 radical (unpaired) electrons. The van der Waals surface area contributed by atoms with E-state index in [0.717, 1.165) is 16.7 Å². The predicted octanol–water partition coefficient (Wildman–Crippen LogP) is 5.93. The summed E-state index contributed by atoms with van der Waals surface area (Å²) in [7, 11) is 0. The lowest BCUT2D eigenvalue weighted by Crippen LogP contribution is -2.15. The molecule has 0 spiro atoms. The number of carbonyl (C=O) groups is 1. The van der Waals surface area contributed by atoms with Crippen molar-refractivity contribution in [2.45, 2.75) is 13.5 Å². The molecule has 0 bridgehead atoms. The SMILES string of the molecule is Cc1oc(-c2ccc(-c3ccccc3)cc2)nc1COc1ccc(C(N)=NC(=O)O)c(Cl)c1. The molecule has 0 atom stereocenters. The normalized spacial score (nSPS) is 11.4. The second-order valence-corrected chi connectivity index (χ2v) is 7.58. The Labute approximate surface area is 195 Å². The van der Waals surface area contributed by atoms with Gasteiger partial charge in [0.2, 0.25) is 5.89 Å². The minimum atomic E-state index is -1.39. The summed E-state index contributed by atoms with van der Waals surface area (Å²) in [6, 6.07) is 22.9. The van der Waals surface area contributed by atoms with Crippen LogP contribution in [0.25, 0.3) is 22.6 Å². The monoisotopic (exact) mass is 461 g/mol. The van der Waals surface area contributed by atoms with E-state index in [1.54, 1.807) is 18.2 Å². The summed E-state index contributed by atoms with van der Waals surface area (Å²) in [4.78, 5) is 18.5. The summed E-state index contributed by atoms with van der Waals surface area (Å²) >= 11 is 6.19. The number of oxazole rings is 1. The van der Waals surface area contributed by atoms with E-state index in [1.165, 1.54) is 0 Å². The van der Waals surface area contributed by atoms with Crippen molar-refractivity contribution in [2.24, 2.45) is 10.7 Å². The highest BCUT2D eigenvalue weighted by atomic mass is 35.5. The molecule has 4 rings (SSSR count). The summed E-state index contributed by atoms with van der Waals surface area (Å²) < 4.78 is 11.6. The molecular formula is C25H20ClN3O4. The number of amides is 1. The smallest absolute Gasteiger partial charge is 0.433 e. The van der Waals surface area contributed by atoms with Gasteiger partial charge in [-0.1, -0.05) is 54.1 Å². The lowest BCUT2D eigenvalue weighted by molar-refractivity contribution is 0.205. The fraction of sp³-hybridized carbons (Fsp3) is 0.0800. The van der Waals surface area contributed by atoms with Gasteiger partial charge in [0.25, 0.3) is 0 Å². The lowest BCUT2D eigenvalue weighted by Gasteiger charge is -2.08. The quantitative estimate of drug-likeness (QED) is 0.272. The largest absolute Gasteiger partial charge is 0.487 e. The zero-order chi connectivity index (χ0) is 23.4. The predicted molar refractivity (Wildman–Crippen MR) is 127 cm³/mol. The van der Waals surface area contributed by atoms with Crippen molar-refractivity contribution >= 4 is 23.5 Å². The Hall–Kier alpha value is -4.10. The molecule has 0 aliphatic carbocycles. The van der Waals surface area contributed by atoms with E-state index in [4.69, 9.17) is 31.6 Å². The first-order valence-electron chi connectivity index (χ1n) is 10.0. The van der Waals surface area contributed by atoms with Crippen molar-refractivity contribution in [1.82, 2.24) is 4.98 Å². The zero-order valence-corrected chi connectivity index (χ0v) is 18.4. The molecule has 0 saturated heterocycles. The van der Waals surface area contributed by atoms with E-state index in [1.807, 2.05) is 49.4 Å². The number of hydrogen-bond acceptors (Lipinski definition) is 4. The van der Waals surface area contributed by atoms with Gasteiger partial charge in [0.1, 0.15) is 29.6 Å². The van der Waals surface area contributed by atoms with Gasteiger partial charge in [0, 0.05) is 11.1 Å². The molecule has 0 unspecified atom stereocenters. The highest BCUT2D eigenvalue weighted by Gasteiger charge is 2.14. The first-order valence-corrected chi connectivity index (χ1v) is 10.4. The third-order valence-corrected chi connectivity index (χ3v) is 5.25. The summed E-state index contributed by atoms with van der Waals surface area (Å²) in [5.74, 6) is 1.45. The van der Waals surface area contributed by atoms with E-state index < -0.39 is 6.09 Å². The van der Waals surface area contributed by atoms with Crippen LogP contribution < -0.4 is 10.5 Å². The molecule has 1 aromatic heterocycles. The maximum atomic E-state index is 10.7. The molecule has 4 aromatic rings. The third-order valence-electron chi connectivity index (χ3n) is 4.94. The van der Waals surface area contributed by atoms with Gasteiger partial charge >= 0.3 is 6.09 Å². The number of carboxylic acid groups (broad SMARTS) is 1. The van der Waals surface area contributed by atoms with E-state index in [9.17, 15) is 4.79 Å². The Morgan fingerprint density at radius 1 is 1.06 bits per heavy atom. The third kappa shape index (κ3) is 5.22. The van der Waals surface area contributed by atoms with E-state index >= 15 is 0 Å². The summed E-state index contributed by atoms with van der Waals surface area (Å²) in [6.07, 6.45) is -1.39. The van der Waals surface area contributed by atoms with Crippen LogP contribution in [0.15, 0.2) is 82.2 Å². The topological polar surface area (TPSA) is 111 Å².